The minimum atomic E-state index is -0.427. The van der Waals surface area contributed by atoms with Gasteiger partial charge in [-0.15, -0.1) is 5.10 Å². The average molecular weight is 255 g/mol. The number of aromatic nitrogens is 3. The summed E-state index contributed by atoms with van der Waals surface area (Å²) in [6.45, 7) is 6.87. The molecule has 0 fully saturated rings. The van der Waals surface area contributed by atoms with Crippen molar-refractivity contribution in [1.29, 1.82) is 0 Å². The van der Waals surface area contributed by atoms with Crippen LogP contribution in [0.15, 0.2) is 0 Å². The van der Waals surface area contributed by atoms with Gasteiger partial charge in [0.05, 0.1) is 12.3 Å². The molecule has 6 heteroatoms. The summed E-state index contributed by atoms with van der Waals surface area (Å²) in [5.74, 6) is -0.0343. The summed E-state index contributed by atoms with van der Waals surface area (Å²) in [5.41, 5.74) is 1.08. The molecule has 0 aliphatic carbocycles. The summed E-state index contributed by atoms with van der Waals surface area (Å²) in [5, 5.41) is 16.7. The number of hydrogen-bond acceptors (Lipinski definition) is 5. The van der Waals surface area contributed by atoms with Crippen LogP contribution in [0.25, 0.3) is 0 Å². The molecule has 6 nitrogen and oxygen atoms in total. The Kier molecular flexibility index (Phi) is 5.77. The third-order valence-corrected chi connectivity index (χ3v) is 2.44. The minimum absolute atomic E-state index is 0.0930. The van der Waals surface area contributed by atoms with Crippen LogP contribution in [0.1, 0.15) is 43.4 Å². The van der Waals surface area contributed by atoms with Gasteiger partial charge in [-0.2, -0.15) is 0 Å². The van der Waals surface area contributed by atoms with Gasteiger partial charge < -0.3 is 9.84 Å². The van der Waals surface area contributed by atoms with Gasteiger partial charge in [-0.05, 0) is 25.7 Å². The number of esters is 1. The lowest BCUT2D eigenvalue weighted by atomic mass is 10.1. The van der Waals surface area contributed by atoms with Crippen LogP contribution >= 0.6 is 0 Å². The molecule has 0 unspecified atom stereocenters. The summed E-state index contributed by atoms with van der Waals surface area (Å²) in [6.07, 6.45) is 1.31. The molecular formula is C12H21N3O3. The highest BCUT2D eigenvalue weighted by Gasteiger charge is 2.21. The van der Waals surface area contributed by atoms with Gasteiger partial charge in [0.2, 0.25) is 0 Å². The van der Waals surface area contributed by atoms with E-state index in [0.717, 1.165) is 5.69 Å². The Morgan fingerprint density at radius 1 is 1.50 bits per heavy atom. The number of aliphatic hydroxyl groups is 1. The van der Waals surface area contributed by atoms with E-state index in [4.69, 9.17) is 9.84 Å². The van der Waals surface area contributed by atoms with Crippen LogP contribution in [-0.4, -0.2) is 39.3 Å². The Morgan fingerprint density at radius 3 is 2.78 bits per heavy atom. The first-order valence-electron chi connectivity index (χ1n) is 6.30. The van der Waals surface area contributed by atoms with Crippen molar-refractivity contribution in [3.63, 3.8) is 0 Å². The fourth-order valence-corrected chi connectivity index (χ4v) is 1.68. The largest absolute Gasteiger partial charge is 0.461 e. The molecule has 1 aromatic heterocycles. The van der Waals surface area contributed by atoms with Gasteiger partial charge in [0.15, 0.2) is 5.69 Å². The number of hydrogen-bond donors (Lipinski definition) is 1. The van der Waals surface area contributed by atoms with Crippen LogP contribution < -0.4 is 0 Å². The highest BCUT2D eigenvalue weighted by Crippen LogP contribution is 2.13. The predicted molar refractivity (Wildman–Crippen MR) is 66.2 cm³/mol. The summed E-state index contributed by atoms with van der Waals surface area (Å²) in [4.78, 5) is 11.7. The third-order valence-electron chi connectivity index (χ3n) is 2.44. The van der Waals surface area contributed by atoms with Crippen LogP contribution in [-0.2, 0) is 17.7 Å². The van der Waals surface area contributed by atoms with Crippen molar-refractivity contribution in [3.8, 4) is 0 Å². The van der Waals surface area contributed by atoms with Crippen LogP contribution in [0.3, 0.4) is 0 Å². The van der Waals surface area contributed by atoms with Crippen LogP contribution in [0.2, 0.25) is 0 Å². The molecule has 0 spiro atoms. The van der Waals surface area contributed by atoms with E-state index in [9.17, 15) is 4.79 Å². The average Bonchev–Trinajstić information content (AvgIpc) is 2.69. The third kappa shape index (κ3) is 3.80. The van der Waals surface area contributed by atoms with Gasteiger partial charge in [-0.1, -0.05) is 19.1 Å². The zero-order valence-corrected chi connectivity index (χ0v) is 11.2. The number of aliphatic hydroxyl groups excluding tert-OH is 1. The number of rotatable bonds is 7. The fraction of sp³-hybridized carbons (Fsp3) is 0.750. The molecule has 0 aromatic carbocycles. The van der Waals surface area contributed by atoms with E-state index in [2.05, 4.69) is 24.2 Å². The Hall–Kier alpha value is -1.43. The van der Waals surface area contributed by atoms with Gasteiger partial charge in [-0.25, -0.2) is 9.48 Å². The van der Waals surface area contributed by atoms with Gasteiger partial charge >= 0.3 is 5.97 Å². The quantitative estimate of drug-likeness (QED) is 0.736. The molecule has 1 aromatic rings. The number of aryl methyl sites for hydroxylation is 1. The molecule has 0 saturated carbocycles. The fourth-order valence-electron chi connectivity index (χ4n) is 1.68. The van der Waals surface area contributed by atoms with Crippen molar-refractivity contribution in [3.05, 3.63) is 11.4 Å². The van der Waals surface area contributed by atoms with E-state index >= 15 is 0 Å². The first-order valence-corrected chi connectivity index (χ1v) is 6.30. The maximum absolute atomic E-state index is 11.7. The lowest BCUT2D eigenvalue weighted by Gasteiger charge is -2.09. The number of carbonyl (C=O) groups is 1. The summed E-state index contributed by atoms with van der Waals surface area (Å²) in [6, 6.07) is 0. The molecular weight excluding hydrogens is 234 g/mol. The first-order chi connectivity index (χ1) is 8.60. The molecule has 0 saturated heterocycles. The highest BCUT2D eigenvalue weighted by molar-refractivity contribution is 5.88. The minimum Gasteiger partial charge on any atom is -0.461 e. The Labute approximate surface area is 107 Å². The highest BCUT2D eigenvalue weighted by atomic mass is 16.5. The standard InChI is InChI=1S/C12H21N3O3/c1-4-18-12(17)11-10(8-9(2)3)15(14-13-11)6-5-7-16/h9,16H,4-8H2,1-3H3. The van der Waals surface area contributed by atoms with E-state index in [1.807, 2.05) is 0 Å². The van der Waals surface area contributed by atoms with E-state index in [0.29, 0.717) is 37.6 Å². The van der Waals surface area contributed by atoms with Gasteiger partial charge in [-0.3, -0.25) is 0 Å². The van der Waals surface area contributed by atoms with Crippen molar-refractivity contribution in [2.24, 2.45) is 5.92 Å². The maximum Gasteiger partial charge on any atom is 0.360 e. The molecule has 1 rings (SSSR count). The van der Waals surface area contributed by atoms with Crippen LogP contribution in [0.4, 0.5) is 0 Å². The lowest BCUT2D eigenvalue weighted by Crippen LogP contribution is -2.13. The van der Waals surface area contributed by atoms with Crippen LogP contribution in [0, 0.1) is 5.92 Å². The number of ether oxygens (including phenoxy) is 1. The lowest BCUT2D eigenvalue weighted by molar-refractivity contribution is 0.0517. The molecule has 0 amide bonds. The molecule has 1 N–H and O–H groups in total. The molecule has 102 valence electrons. The monoisotopic (exact) mass is 255 g/mol. The summed E-state index contributed by atoms with van der Waals surface area (Å²) >= 11 is 0. The Bertz CT molecular complexity index is 388. The maximum atomic E-state index is 11.7. The summed E-state index contributed by atoms with van der Waals surface area (Å²) in [7, 11) is 0. The Balaban J connectivity index is 2.94. The van der Waals surface area contributed by atoms with Crippen molar-refractivity contribution < 1.29 is 14.6 Å². The van der Waals surface area contributed by atoms with Gasteiger partial charge in [0.1, 0.15) is 0 Å². The number of carbonyl (C=O) groups excluding carboxylic acids is 1. The predicted octanol–water partition coefficient (Wildman–Crippen LogP) is 1.04. The molecule has 0 bridgehead atoms. The Morgan fingerprint density at radius 2 is 2.22 bits per heavy atom. The van der Waals surface area contributed by atoms with Crippen LogP contribution in [0.5, 0.6) is 0 Å². The van der Waals surface area contributed by atoms with Gasteiger partial charge in [0, 0.05) is 13.2 Å². The molecule has 0 aliphatic rings. The van der Waals surface area contributed by atoms with E-state index in [1.165, 1.54) is 0 Å². The second kappa shape index (κ2) is 7.10. The first kappa shape index (κ1) is 14.6. The zero-order valence-electron chi connectivity index (χ0n) is 11.2. The van der Waals surface area contributed by atoms with Gasteiger partial charge in [0.25, 0.3) is 0 Å². The molecule has 0 aliphatic heterocycles. The summed E-state index contributed by atoms with van der Waals surface area (Å²) < 4.78 is 6.65. The number of nitrogens with zero attached hydrogens (tertiary/aromatic N) is 3. The van der Waals surface area contributed by atoms with E-state index < -0.39 is 5.97 Å². The normalized spacial score (nSPS) is 10.9. The van der Waals surface area contributed by atoms with E-state index in [-0.39, 0.29) is 6.61 Å². The van der Waals surface area contributed by atoms with E-state index in [1.54, 1.807) is 11.6 Å². The second-order valence-corrected chi connectivity index (χ2v) is 4.50. The van der Waals surface area contributed by atoms with Crippen molar-refractivity contribution in [1.82, 2.24) is 15.0 Å². The second-order valence-electron chi connectivity index (χ2n) is 4.50. The van der Waals surface area contributed by atoms with Crippen molar-refractivity contribution >= 4 is 5.97 Å². The smallest absolute Gasteiger partial charge is 0.360 e. The SMILES string of the molecule is CCOC(=O)c1nnn(CCCO)c1CC(C)C. The molecule has 18 heavy (non-hydrogen) atoms. The van der Waals surface area contributed by atoms with Crippen molar-refractivity contribution in [2.45, 2.75) is 40.2 Å². The molecule has 0 atom stereocenters. The zero-order chi connectivity index (χ0) is 13.5. The topological polar surface area (TPSA) is 77.2 Å². The molecule has 0 radical (unpaired) electrons. The molecule has 1 heterocycles. The van der Waals surface area contributed by atoms with Crippen molar-refractivity contribution in [2.75, 3.05) is 13.2 Å².